The van der Waals surface area contributed by atoms with Crippen molar-refractivity contribution < 1.29 is 18.8 Å². The summed E-state index contributed by atoms with van der Waals surface area (Å²) >= 11 is 0. The Kier molecular flexibility index (Phi) is 5.53. The van der Waals surface area contributed by atoms with Crippen LogP contribution in [0.25, 0.3) is 0 Å². The predicted octanol–water partition coefficient (Wildman–Crippen LogP) is 4.10. The predicted molar refractivity (Wildman–Crippen MR) is 97.0 cm³/mol. The average Bonchev–Trinajstić information content (AvgIpc) is 3.02. The molecule has 0 aliphatic rings. The molecule has 3 aromatic rings. The van der Waals surface area contributed by atoms with E-state index < -0.39 is 5.97 Å². The van der Waals surface area contributed by atoms with Crippen molar-refractivity contribution in [3.8, 4) is 11.8 Å². The summed E-state index contributed by atoms with van der Waals surface area (Å²) in [5.74, 6) is 0.643. The van der Waals surface area contributed by atoms with Crippen LogP contribution in [0, 0.1) is 25.2 Å². The molecule has 0 bridgehead atoms. The number of hydrogen-bond donors (Lipinski definition) is 0. The lowest BCUT2D eigenvalue weighted by molar-refractivity contribution is 0.0467. The normalized spacial score (nSPS) is 10.3. The fourth-order valence-corrected chi connectivity index (χ4v) is 2.52. The highest BCUT2D eigenvalue weighted by Gasteiger charge is 2.16. The lowest BCUT2D eigenvalue weighted by Gasteiger charge is -2.11. The molecule has 136 valence electrons. The standard InChI is InChI=1S/C21H18N2O4/c1-14-19(15(2)27-23-14)13-25-20-6-4-3-5-18(20)21(24)26-12-17-9-7-16(11-22)8-10-17/h3-10H,12-13H2,1-2H3. The van der Waals surface area contributed by atoms with Crippen LogP contribution in [0.5, 0.6) is 5.75 Å². The average molecular weight is 362 g/mol. The zero-order valence-electron chi connectivity index (χ0n) is 15.1. The van der Waals surface area contributed by atoms with Gasteiger partial charge < -0.3 is 14.0 Å². The quantitative estimate of drug-likeness (QED) is 0.614. The minimum atomic E-state index is -0.478. The van der Waals surface area contributed by atoms with Crippen molar-refractivity contribution in [1.82, 2.24) is 5.16 Å². The molecule has 0 radical (unpaired) electrons. The lowest BCUT2D eigenvalue weighted by atomic mass is 10.1. The number of para-hydroxylation sites is 1. The summed E-state index contributed by atoms with van der Waals surface area (Å²) in [7, 11) is 0. The van der Waals surface area contributed by atoms with Gasteiger partial charge in [0.05, 0.1) is 22.9 Å². The molecule has 0 amide bonds. The van der Waals surface area contributed by atoms with E-state index in [1.807, 2.05) is 13.8 Å². The topological polar surface area (TPSA) is 85.3 Å². The van der Waals surface area contributed by atoms with Gasteiger partial charge in [-0.1, -0.05) is 29.4 Å². The Morgan fingerprint density at radius 2 is 1.85 bits per heavy atom. The molecule has 0 aliphatic heterocycles. The van der Waals surface area contributed by atoms with Crippen molar-refractivity contribution in [2.45, 2.75) is 27.1 Å². The Balaban J connectivity index is 1.67. The maximum absolute atomic E-state index is 12.5. The number of aromatic nitrogens is 1. The smallest absolute Gasteiger partial charge is 0.342 e. The molecule has 6 nitrogen and oxygen atoms in total. The highest BCUT2D eigenvalue weighted by Crippen LogP contribution is 2.22. The van der Waals surface area contributed by atoms with Crippen LogP contribution in [-0.4, -0.2) is 11.1 Å². The Morgan fingerprint density at radius 1 is 1.11 bits per heavy atom. The Morgan fingerprint density at radius 3 is 2.52 bits per heavy atom. The zero-order chi connectivity index (χ0) is 19.2. The van der Waals surface area contributed by atoms with E-state index >= 15 is 0 Å². The Hall–Kier alpha value is -3.59. The minimum Gasteiger partial charge on any atom is -0.488 e. The van der Waals surface area contributed by atoms with Crippen molar-refractivity contribution in [2.75, 3.05) is 0 Å². The summed E-state index contributed by atoms with van der Waals surface area (Å²) in [5, 5.41) is 12.7. The van der Waals surface area contributed by atoms with Gasteiger partial charge in [0.25, 0.3) is 0 Å². The molecule has 0 aliphatic carbocycles. The third kappa shape index (κ3) is 4.33. The zero-order valence-corrected chi connectivity index (χ0v) is 15.1. The summed E-state index contributed by atoms with van der Waals surface area (Å²) in [5.41, 5.74) is 3.32. The van der Waals surface area contributed by atoms with Crippen LogP contribution in [-0.2, 0) is 18.0 Å². The first-order valence-electron chi connectivity index (χ1n) is 8.38. The van der Waals surface area contributed by atoms with Gasteiger partial charge in [0, 0.05) is 0 Å². The fraction of sp³-hybridized carbons (Fsp3) is 0.190. The highest BCUT2D eigenvalue weighted by molar-refractivity contribution is 5.92. The van der Waals surface area contributed by atoms with E-state index in [1.165, 1.54) is 0 Å². The molecule has 0 saturated heterocycles. The van der Waals surface area contributed by atoms with Gasteiger partial charge in [-0.2, -0.15) is 5.26 Å². The van der Waals surface area contributed by atoms with Gasteiger partial charge in [0.1, 0.15) is 30.3 Å². The first kappa shape index (κ1) is 18.2. The number of carbonyl (C=O) groups is 1. The molecule has 0 saturated carbocycles. The van der Waals surface area contributed by atoms with Gasteiger partial charge in [-0.3, -0.25) is 0 Å². The summed E-state index contributed by atoms with van der Waals surface area (Å²) in [6, 6.07) is 15.8. The molecule has 1 aromatic heterocycles. The van der Waals surface area contributed by atoms with E-state index in [9.17, 15) is 4.79 Å². The largest absolute Gasteiger partial charge is 0.488 e. The molecule has 6 heteroatoms. The molecular formula is C21H18N2O4. The van der Waals surface area contributed by atoms with E-state index in [0.717, 1.165) is 16.8 Å². The number of rotatable bonds is 6. The Labute approximate surface area is 156 Å². The second kappa shape index (κ2) is 8.19. The second-order valence-corrected chi connectivity index (χ2v) is 5.97. The van der Waals surface area contributed by atoms with Crippen LogP contribution in [0.2, 0.25) is 0 Å². The third-order valence-electron chi connectivity index (χ3n) is 4.11. The Bertz CT molecular complexity index is 965. The van der Waals surface area contributed by atoms with E-state index in [4.69, 9.17) is 19.3 Å². The molecule has 0 fully saturated rings. The molecule has 0 atom stereocenters. The van der Waals surface area contributed by atoms with E-state index in [0.29, 0.717) is 22.6 Å². The number of carbonyl (C=O) groups excluding carboxylic acids is 1. The van der Waals surface area contributed by atoms with E-state index in [-0.39, 0.29) is 13.2 Å². The molecule has 3 rings (SSSR count). The van der Waals surface area contributed by atoms with Gasteiger partial charge in [0.2, 0.25) is 0 Å². The number of nitrogens with zero attached hydrogens (tertiary/aromatic N) is 2. The van der Waals surface area contributed by atoms with Crippen LogP contribution in [0.4, 0.5) is 0 Å². The second-order valence-electron chi connectivity index (χ2n) is 5.97. The minimum absolute atomic E-state index is 0.114. The van der Waals surface area contributed by atoms with Crippen LogP contribution < -0.4 is 4.74 Å². The summed E-state index contributed by atoms with van der Waals surface area (Å²) in [6.45, 7) is 4.02. The molecule has 2 aromatic carbocycles. The number of nitriles is 1. The third-order valence-corrected chi connectivity index (χ3v) is 4.11. The molecule has 0 N–H and O–H groups in total. The number of benzene rings is 2. The summed E-state index contributed by atoms with van der Waals surface area (Å²) < 4.78 is 16.3. The van der Waals surface area contributed by atoms with Gasteiger partial charge >= 0.3 is 5.97 Å². The number of esters is 1. The van der Waals surface area contributed by atoms with Crippen molar-refractivity contribution in [3.63, 3.8) is 0 Å². The monoisotopic (exact) mass is 362 g/mol. The van der Waals surface area contributed by atoms with Crippen LogP contribution in [0.15, 0.2) is 53.1 Å². The molecule has 1 heterocycles. The number of hydrogen-bond acceptors (Lipinski definition) is 6. The number of ether oxygens (including phenoxy) is 2. The maximum Gasteiger partial charge on any atom is 0.342 e. The van der Waals surface area contributed by atoms with Gasteiger partial charge in [-0.05, 0) is 43.7 Å². The van der Waals surface area contributed by atoms with Crippen molar-refractivity contribution >= 4 is 5.97 Å². The lowest BCUT2D eigenvalue weighted by Crippen LogP contribution is -2.08. The summed E-state index contributed by atoms with van der Waals surface area (Å²) in [4.78, 5) is 12.5. The highest BCUT2D eigenvalue weighted by atomic mass is 16.5. The van der Waals surface area contributed by atoms with Crippen LogP contribution >= 0.6 is 0 Å². The van der Waals surface area contributed by atoms with Crippen molar-refractivity contribution in [1.29, 1.82) is 5.26 Å². The van der Waals surface area contributed by atoms with Crippen LogP contribution in [0.3, 0.4) is 0 Å². The van der Waals surface area contributed by atoms with Gasteiger partial charge in [0.15, 0.2) is 0 Å². The molecular weight excluding hydrogens is 344 g/mol. The van der Waals surface area contributed by atoms with Crippen molar-refractivity contribution in [3.05, 3.63) is 82.2 Å². The molecule has 0 unspecified atom stereocenters. The molecule has 0 spiro atoms. The maximum atomic E-state index is 12.5. The van der Waals surface area contributed by atoms with E-state index in [1.54, 1.807) is 48.5 Å². The molecule has 27 heavy (non-hydrogen) atoms. The number of aryl methyl sites for hydroxylation is 2. The van der Waals surface area contributed by atoms with Gasteiger partial charge in [-0.15, -0.1) is 0 Å². The van der Waals surface area contributed by atoms with E-state index in [2.05, 4.69) is 11.2 Å². The summed E-state index contributed by atoms with van der Waals surface area (Å²) in [6.07, 6.45) is 0. The fourth-order valence-electron chi connectivity index (χ4n) is 2.52. The van der Waals surface area contributed by atoms with Crippen molar-refractivity contribution in [2.24, 2.45) is 0 Å². The first-order chi connectivity index (χ1) is 13.1. The SMILES string of the molecule is Cc1noc(C)c1COc1ccccc1C(=O)OCc1ccc(C#N)cc1. The first-order valence-corrected chi connectivity index (χ1v) is 8.38. The van der Waals surface area contributed by atoms with Crippen LogP contribution in [0.1, 0.15) is 38.5 Å². The van der Waals surface area contributed by atoms with Gasteiger partial charge in [-0.25, -0.2) is 4.79 Å².